The van der Waals surface area contributed by atoms with Gasteiger partial charge in [0.15, 0.2) is 29.9 Å². The van der Waals surface area contributed by atoms with Crippen LogP contribution in [0.4, 0.5) is 18.0 Å². The molecule has 10 unspecified atom stereocenters. The molecule has 18 atom stereocenters. The summed E-state index contributed by atoms with van der Waals surface area (Å²) in [4.78, 5) is 159. The van der Waals surface area contributed by atoms with Crippen molar-refractivity contribution in [2.24, 2.45) is 17.6 Å². The lowest BCUT2D eigenvalue weighted by atomic mass is 9.85. The predicted octanol–water partition coefficient (Wildman–Crippen LogP) is 3.54. The Balaban J connectivity index is 1.24. The number of carbonyl (C=O) groups excluding carboxylic acids is 11. The van der Waals surface area contributed by atoms with E-state index in [4.69, 9.17) is 71.6 Å². The van der Waals surface area contributed by atoms with E-state index < -0.39 is 297 Å². The van der Waals surface area contributed by atoms with Crippen molar-refractivity contribution >= 4 is 88.5 Å². The summed E-state index contributed by atoms with van der Waals surface area (Å²) in [7, 11) is 0. The molecule has 11 bridgehead atoms. The first-order chi connectivity index (χ1) is 57.1. The molecule has 0 aliphatic carbocycles. The minimum Gasteiger partial charge on any atom is -0.508 e. The van der Waals surface area contributed by atoms with Crippen LogP contribution in [0.5, 0.6) is 46.0 Å². The van der Waals surface area contributed by atoms with E-state index in [9.17, 15) is 82.8 Å². The number of alkyl carbamates (subject to hydrolysis) is 1. The number of primary amides is 1. The van der Waals surface area contributed by atoms with Crippen LogP contribution in [0, 0.1) is 11.8 Å². The van der Waals surface area contributed by atoms with Crippen molar-refractivity contribution in [1.82, 2.24) is 42.5 Å². The molecular formula is C79H86Cl2F3N9O28. The number of phenolic OH excluding ortho intramolecular Hbond substituents is 3. The van der Waals surface area contributed by atoms with Crippen LogP contribution in [0.25, 0.3) is 11.1 Å². The van der Waals surface area contributed by atoms with E-state index in [1.54, 1.807) is 19.2 Å². The van der Waals surface area contributed by atoms with Crippen LogP contribution >= 0.6 is 23.2 Å². The molecule has 5 aromatic rings. The number of nitrogens with one attached hydrogen (secondary N) is 8. The summed E-state index contributed by atoms with van der Waals surface area (Å²) in [6.45, 7) is 14.2. The Labute approximate surface area is 695 Å². The molecule has 5 aromatic carbocycles. The van der Waals surface area contributed by atoms with Gasteiger partial charge in [0.1, 0.15) is 115 Å². The summed E-state index contributed by atoms with van der Waals surface area (Å²) in [6, 6.07) is -1.38. The molecule has 121 heavy (non-hydrogen) atoms. The number of aliphatic hydroxyl groups is 5. The number of ether oxygens (including phenoxy) is 9. The molecule has 12 rings (SSSR count). The molecule has 42 heteroatoms. The van der Waals surface area contributed by atoms with Gasteiger partial charge in [0.2, 0.25) is 53.4 Å². The molecule has 18 N–H and O–H groups in total. The number of alkyl halides is 3. The number of hydrogen-bond donors (Lipinski definition) is 17. The summed E-state index contributed by atoms with van der Waals surface area (Å²) in [5, 5.41) is 113. The molecule has 7 heterocycles. The third-order valence-corrected chi connectivity index (χ3v) is 20.4. The Morgan fingerprint density at radius 2 is 1.28 bits per heavy atom. The summed E-state index contributed by atoms with van der Waals surface area (Å²) in [5.74, 6) is -22.4. The Morgan fingerprint density at radius 1 is 0.686 bits per heavy atom. The number of phenols is 3. The molecule has 2 saturated heterocycles. The zero-order valence-electron chi connectivity index (χ0n) is 64.6. The largest absolute Gasteiger partial charge is 0.508 e. The van der Waals surface area contributed by atoms with Gasteiger partial charge >= 0.3 is 30.1 Å². The van der Waals surface area contributed by atoms with Gasteiger partial charge in [0.25, 0.3) is 0 Å². The average Bonchev–Trinajstić information content (AvgIpc) is 0.766. The molecule has 2 fully saturated rings. The summed E-state index contributed by atoms with van der Waals surface area (Å²) in [6.07, 6.45) is -26.3. The highest BCUT2D eigenvalue weighted by Gasteiger charge is 2.54. The molecule has 7 aliphatic rings. The van der Waals surface area contributed by atoms with E-state index in [0.29, 0.717) is 0 Å². The maximum atomic E-state index is 16.3. The van der Waals surface area contributed by atoms with Crippen LogP contribution in [-0.4, -0.2) is 212 Å². The van der Waals surface area contributed by atoms with Crippen molar-refractivity contribution in [2.75, 3.05) is 26.4 Å². The molecule has 650 valence electrons. The van der Waals surface area contributed by atoms with Gasteiger partial charge in [-0.05, 0) is 103 Å². The minimum absolute atomic E-state index is 0.0473. The van der Waals surface area contributed by atoms with Gasteiger partial charge < -0.3 is 132 Å². The second-order valence-electron chi connectivity index (χ2n) is 29.3. The summed E-state index contributed by atoms with van der Waals surface area (Å²) < 4.78 is 96.1. The smallest absolute Gasteiger partial charge is 0.471 e. The predicted molar refractivity (Wildman–Crippen MR) is 412 cm³/mol. The molecule has 0 spiro atoms. The number of nitrogens with two attached hydrogens (primary N) is 1. The quantitative estimate of drug-likeness (QED) is 0.0268. The van der Waals surface area contributed by atoms with Crippen molar-refractivity contribution in [3.63, 3.8) is 0 Å². The van der Waals surface area contributed by atoms with Crippen LogP contribution < -0.4 is 62.5 Å². The van der Waals surface area contributed by atoms with Gasteiger partial charge in [-0.1, -0.05) is 93.2 Å². The highest BCUT2D eigenvalue weighted by molar-refractivity contribution is 6.32. The number of halogens is 5. The van der Waals surface area contributed by atoms with Crippen LogP contribution in [0.1, 0.15) is 112 Å². The fourth-order valence-corrected chi connectivity index (χ4v) is 14.4. The number of esters is 2. The van der Waals surface area contributed by atoms with E-state index in [0.717, 1.165) is 84.9 Å². The maximum Gasteiger partial charge on any atom is 0.471 e. The van der Waals surface area contributed by atoms with Gasteiger partial charge in [0, 0.05) is 41.6 Å². The van der Waals surface area contributed by atoms with Gasteiger partial charge in [-0.25, -0.2) is 9.59 Å². The van der Waals surface area contributed by atoms with E-state index in [1.807, 2.05) is 0 Å². The molecule has 9 amide bonds. The van der Waals surface area contributed by atoms with Crippen molar-refractivity contribution < 1.29 is 149 Å². The molecule has 0 saturated carbocycles. The first-order valence-corrected chi connectivity index (χ1v) is 38.0. The van der Waals surface area contributed by atoms with Crippen LogP contribution in [0.3, 0.4) is 0 Å². The van der Waals surface area contributed by atoms with Gasteiger partial charge in [-0.2, -0.15) is 13.2 Å². The number of rotatable bonds is 22. The minimum atomic E-state index is -5.56. The van der Waals surface area contributed by atoms with Crippen LogP contribution in [0.2, 0.25) is 10.0 Å². The summed E-state index contributed by atoms with van der Waals surface area (Å²) in [5.41, 5.74) is 0.703. The molecular weight excluding hydrogens is 1650 g/mol. The van der Waals surface area contributed by atoms with E-state index >= 15 is 24.0 Å². The van der Waals surface area contributed by atoms with E-state index in [2.05, 4.69) is 57.0 Å². The first-order valence-electron chi connectivity index (χ1n) is 37.2. The van der Waals surface area contributed by atoms with Crippen molar-refractivity contribution in [1.29, 1.82) is 0 Å². The lowest BCUT2D eigenvalue weighted by Crippen LogP contribution is -2.66. The summed E-state index contributed by atoms with van der Waals surface area (Å²) >= 11 is 14.3. The SMILES string of the molecule is C=CCOC(=O)C[C@H](CC(C)C)C(=O)N[C@H]1C(=O)N[C@@H](CC(N)=O)C(=O)N[C@H]2C(=O)NC3C(=O)N[C@H](C(=O)N[C@@H](C(=O)OCC=C)c4cc(O)cc(O)c4-c4cc3ccc4O)[C@H](O)c3ccc(c(Cl)c3)Oc3cc2cc(c3OC2OC(CNC(=O)C(F)(F)F)C(O)C(O)C2OC2CC(C)(NC(=O)OCC=C)C(O)C(C)O2)Oc2ccc(cc2Cl)[C@H]1O. The zero-order chi connectivity index (χ0) is 88.5. The Morgan fingerprint density at radius 3 is 1.89 bits per heavy atom. The van der Waals surface area contributed by atoms with Crippen molar-refractivity contribution in [2.45, 2.75) is 163 Å². The van der Waals surface area contributed by atoms with Gasteiger partial charge in [0.05, 0.1) is 34.5 Å². The Bertz CT molecular complexity index is 4870. The van der Waals surface area contributed by atoms with Gasteiger partial charge in [-0.3, -0.25) is 43.2 Å². The fraction of sp³-hybridized carbons (Fsp3) is 0.405. The number of aromatic hydroxyl groups is 3. The standard InChI is InChI=1S/C79H86Cl2F3N9O28/c1-8-17-113-53(98)26-38(20-32(4)5)68(104)91-59-61(99)35-12-15-47(42(80)22-35)117-49-24-37-25-50(65(49)121-75-66(64(102)63(101)51(119-75)31-86-76(111)79(82,83)84)120-54-30-78(7,67(103)33(6)116-54)93-77(112)115-19-10-3)118-48-16-13-36(23-43(48)81)62(100)60-73(109)90-58(74(110)114-18-9-2)41-27-39(94)28-46(96)55(41)40-21-34(11-14-45(40)95)56(70(106)92-60)89-71(107)57(37)88-69(105)44(29-52(85)97)87-72(59)108/h8-16,21-25,27-28,32-33,38,44,51,54,56-64,66-67,75,94-96,99-103H,1-3,17-20,26,29-31H2,4-7H3,(H2,85,97)(H,86,111)(H,87,108)(H,88,105)(H,89,107)(H,90,109)(H,91,104)(H,92,106)(H,93,112)/t33?,38-,44-,51?,54?,56?,57+,58+,59+,60-,61+,62+,63?,64?,66?,67?,75?,78?/m0/s1. The Hall–Kier alpha value is -11.9. The topological polar surface area (TPSA) is 555 Å². The molecule has 0 radical (unpaired) electrons. The molecule has 7 aliphatic heterocycles. The average molecular weight is 1740 g/mol. The number of carbonyl (C=O) groups is 11. The highest BCUT2D eigenvalue weighted by Crippen LogP contribution is 2.50. The third kappa shape index (κ3) is 21.5. The fourth-order valence-electron chi connectivity index (χ4n) is 14.0. The third-order valence-electron chi connectivity index (χ3n) is 19.9. The second kappa shape index (κ2) is 38.7. The van der Waals surface area contributed by atoms with E-state index in [1.165, 1.54) is 26.0 Å². The monoisotopic (exact) mass is 1740 g/mol. The normalized spacial score (nSPS) is 26.3. The zero-order valence-corrected chi connectivity index (χ0v) is 66.1. The number of aliphatic hydroxyl groups excluding tert-OH is 5. The van der Waals surface area contributed by atoms with Crippen LogP contribution in [-0.2, 0) is 76.4 Å². The maximum absolute atomic E-state index is 16.3. The second-order valence-corrected chi connectivity index (χ2v) is 30.1. The lowest BCUT2D eigenvalue weighted by molar-refractivity contribution is -0.331. The first kappa shape index (κ1) is 91.4. The van der Waals surface area contributed by atoms with Crippen LogP contribution in [0.15, 0.2) is 117 Å². The lowest BCUT2D eigenvalue weighted by Gasteiger charge is -2.48. The van der Waals surface area contributed by atoms with Crippen molar-refractivity contribution in [3.05, 3.63) is 155 Å². The molecule has 37 nitrogen and oxygen atoms in total. The van der Waals surface area contributed by atoms with Crippen molar-refractivity contribution in [3.8, 4) is 57.1 Å². The Kier molecular flexibility index (Phi) is 29.2. The number of benzene rings is 5. The number of fused-ring (bicyclic) bond motifs is 15. The molecule has 0 aromatic heterocycles. The highest BCUT2D eigenvalue weighted by atomic mass is 35.5. The number of hydrogen-bond acceptors (Lipinski definition) is 28. The van der Waals surface area contributed by atoms with E-state index in [-0.39, 0.29) is 36.7 Å². The number of amides is 9. The van der Waals surface area contributed by atoms with Gasteiger partial charge in [-0.15, -0.1) is 0 Å².